The van der Waals surface area contributed by atoms with Crippen molar-refractivity contribution in [2.75, 3.05) is 26.2 Å². The number of hydrogen-bond donors (Lipinski definition) is 0. The summed E-state index contributed by atoms with van der Waals surface area (Å²) < 4.78 is 0. The monoisotopic (exact) mass is 279 g/mol. The first-order chi connectivity index (χ1) is 9.34. The van der Waals surface area contributed by atoms with Gasteiger partial charge in [0.2, 0.25) is 0 Å². The van der Waals surface area contributed by atoms with Crippen molar-refractivity contribution < 1.29 is 4.79 Å². The second kappa shape index (κ2) is 6.01. The number of likely N-dealkylation sites (tertiary alicyclic amines) is 2. The summed E-state index contributed by atoms with van der Waals surface area (Å²) in [5, 5.41) is 1.85. The molecule has 2 aliphatic rings. The van der Waals surface area contributed by atoms with Crippen LogP contribution >= 0.6 is 11.3 Å². The van der Waals surface area contributed by atoms with Crippen molar-refractivity contribution in [2.45, 2.75) is 38.1 Å². The lowest BCUT2D eigenvalue weighted by Gasteiger charge is -2.40. The SMILES string of the molecule is O=C(c1cscn1)N1CCC(N2CCCCC2)CC1. The van der Waals surface area contributed by atoms with Crippen molar-refractivity contribution in [3.63, 3.8) is 0 Å². The van der Waals surface area contributed by atoms with Crippen LogP contribution in [-0.2, 0) is 0 Å². The average molecular weight is 279 g/mol. The summed E-state index contributed by atoms with van der Waals surface area (Å²) in [4.78, 5) is 20.9. The van der Waals surface area contributed by atoms with Gasteiger partial charge in [0.05, 0.1) is 5.51 Å². The topological polar surface area (TPSA) is 36.4 Å². The summed E-state index contributed by atoms with van der Waals surface area (Å²) in [5.41, 5.74) is 2.34. The Morgan fingerprint density at radius 1 is 1.16 bits per heavy atom. The standard InChI is InChI=1S/C14H21N3OS/c18-14(13-10-19-11-15-13)17-8-4-12(5-9-17)16-6-2-1-3-7-16/h10-12H,1-9H2. The van der Waals surface area contributed by atoms with Gasteiger partial charge in [-0.05, 0) is 38.8 Å². The molecule has 0 atom stereocenters. The number of piperidine rings is 2. The highest BCUT2D eigenvalue weighted by molar-refractivity contribution is 7.07. The molecule has 2 saturated heterocycles. The van der Waals surface area contributed by atoms with Crippen molar-refractivity contribution in [2.24, 2.45) is 0 Å². The molecule has 3 heterocycles. The summed E-state index contributed by atoms with van der Waals surface area (Å²) in [6, 6.07) is 0.694. The molecule has 0 aromatic carbocycles. The zero-order chi connectivity index (χ0) is 13.1. The molecule has 0 saturated carbocycles. The van der Waals surface area contributed by atoms with Gasteiger partial charge < -0.3 is 9.80 Å². The predicted octanol–water partition coefficient (Wildman–Crippen LogP) is 2.23. The Morgan fingerprint density at radius 3 is 2.53 bits per heavy atom. The van der Waals surface area contributed by atoms with Crippen molar-refractivity contribution in [3.8, 4) is 0 Å². The van der Waals surface area contributed by atoms with Crippen LogP contribution < -0.4 is 0 Å². The molecule has 1 aromatic heterocycles. The van der Waals surface area contributed by atoms with Gasteiger partial charge in [-0.3, -0.25) is 4.79 Å². The molecule has 1 aromatic rings. The summed E-state index contributed by atoms with van der Waals surface area (Å²) >= 11 is 1.49. The lowest BCUT2D eigenvalue weighted by atomic mass is 10.00. The molecule has 0 unspecified atom stereocenters. The lowest BCUT2D eigenvalue weighted by molar-refractivity contribution is 0.0585. The first kappa shape index (κ1) is 13.1. The maximum Gasteiger partial charge on any atom is 0.273 e. The van der Waals surface area contributed by atoms with Crippen molar-refractivity contribution >= 4 is 17.2 Å². The molecule has 0 spiro atoms. The van der Waals surface area contributed by atoms with Crippen LogP contribution in [0.5, 0.6) is 0 Å². The van der Waals surface area contributed by atoms with E-state index >= 15 is 0 Å². The molecule has 3 rings (SSSR count). The van der Waals surface area contributed by atoms with Gasteiger partial charge >= 0.3 is 0 Å². The molecule has 5 heteroatoms. The Morgan fingerprint density at radius 2 is 1.89 bits per heavy atom. The van der Waals surface area contributed by atoms with Crippen LogP contribution in [0.2, 0.25) is 0 Å². The minimum Gasteiger partial charge on any atom is -0.337 e. The van der Waals surface area contributed by atoms with Crippen LogP contribution in [-0.4, -0.2) is 52.9 Å². The van der Waals surface area contributed by atoms with E-state index in [0.29, 0.717) is 11.7 Å². The zero-order valence-corrected chi connectivity index (χ0v) is 12.1. The Balaban J connectivity index is 1.53. The molecule has 0 aliphatic carbocycles. The van der Waals surface area contributed by atoms with Gasteiger partial charge in [-0.2, -0.15) is 0 Å². The third kappa shape index (κ3) is 2.98. The third-order valence-electron chi connectivity index (χ3n) is 4.31. The van der Waals surface area contributed by atoms with E-state index in [4.69, 9.17) is 0 Å². The van der Waals surface area contributed by atoms with E-state index in [2.05, 4.69) is 9.88 Å². The predicted molar refractivity (Wildman–Crippen MR) is 76.5 cm³/mol. The van der Waals surface area contributed by atoms with Crippen LogP contribution in [0.3, 0.4) is 0 Å². The molecule has 0 N–H and O–H groups in total. The van der Waals surface area contributed by atoms with Crippen molar-refractivity contribution in [1.82, 2.24) is 14.8 Å². The molecule has 0 bridgehead atoms. The summed E-state index contributed by atoms with van der Waals surface area (Å²) in [6.45, 7) is 4.28. The quantitative estimate of drug-likeness (QED) is 0.833. The summed E-state index contributed by atoms with van der Waals surface area (Å²) in [6.07, 6.45) is 6.32. The van der Waals surface area contributed by atoms with Crippen LogP contribution in [0.4, 0.5) is 0 Å². The maximum atomic E-state index is 12.2. The Kier molecular flexibility index (Phi) is 4.13. The molecule has 4 nitrogen and oxygen atoms in total. The molecule has 2 fully saturated rings. The van der Waals surface area contributed by atoms with Crippen LogP contribution in [0.25, 0.3) is 0 Å². The number of rotatable bonds is 2. The Labute approximate surface area is 118 Å². The van der Waals surface area contributed by atoms with E-state index in [1.807, 2.05) is 10.3 Å². The average Bonchev–Trinajstić information content (AvgIpc) is 3.02. The number of amides is 1. The van der Waals surface area contributed by atoms with Gasteiger partial charge in [0.15, 0.2) is 0 Å². The fourth-order valence-corrected chi connectivity index (χ4v) is 3.72. The third-order valence-corrected chi connectivity index (χ3v) is 4.90. The van der Waals surface area contributed by atoms with Gasteiger partial charge in [0.25, 0.3) is 5.91 Å². The van der Waals surface area contributed by atoms with Gasteiger partial charge in [0.1, 0.15) is 5.69 Å². The normalized spacial score (nSPS) is 22.6. The van der Waals surface area contributed by atoms with Gasteiger partial charge in [-0.15, -0.1) is 11.3 Å². The van der Waals surface area contributed by atoms with E-state index in [-0.39, 0.29) is 5.91 Å². The van der Waals surface area contributed by atoms with Gasteiger partial charge in [-0.25, -0.2) is 4.98 Å². The number of carbonyl (C=O) groups is 1. The minimum atomic E-state index is 0.110. The molecule has 104 valence electrons. The van der Waals surface area contributed by atoms with E-state index in [1.165, 1.54) is 43.7 Å². The first-order valence-corrected chi connectivity index (χ1v) is 8.20. The summed E-state index contributed by atoms with van der Waals surface area (Å²) in [5.74, 6) is 0.110. The second-order valence-electron chi connectivity index (χ2n) is 5.49. The lowest BCUT2D eigenvalue weighted by Crippen LogP contribution is -2.48. The minimum absolute atomic E-state index is 0.110. The number of thiazole rings is 1. The summed E-state index contributed by atoms with van der Waals surface area (Å²) in [7, 11) is 0. The highest BCUT2D eigenvalue weighted by Gasteiger charge is 2.28. The van der Waals surface area contributed by atoms with Crippen molar-refractivity contribution in [1.29, 1.82) is 0 Å². The molecule has 0 radical (unpaired) electrons. The second-order valence-corrected chi connectivity index (χ2v) is 6.21. The number of hydrogen-bond acceptors (Lipinski definition) is 4. The molecular weight excluding hydrogens is 258 g/mol. The van der Waals surface area contributed by atoms with Crippen LogP contribution in [0, 0.1) is 0 Å². The van der Waals surface area contributed by atoms with Gasteiger partial charge in [0, 0.05) is 24.5 Å². The largest absolute Gasteiger partial charge is 0.337 e. The maximum absolute atomic E-state index is 12.2. The zero-order valence-electron chi connectivity index (χ0n) is 11.3. The highest BCUT2D eigenvalue weighted by Crippen LogP contribution is 2.21. The molecule has 2 aliphatic heterocycles. The van der Waals surface area contributed by atoms with E-state index < -0.39 is 0 Å². The van der Waals surface area contributed by atoms with E-state index in [1.54, 1.807) is 5.51 Å². The Hall–Kier alpha value is -0.940. The molecule has 19 heavy (non-hydrogen) atoms. The fraction of sp³-hybridized carbons (Fsp3) is 0.714. The first-order valence-electron chi connectivity index (χ1n) is 7.26. The van der Waals surface area contributed by atoms with Crippen molar-refractivity contribution in [3.05, 3.63) is 16.6 Å². The highest BCUT2D eigenvalue weighted by atomic mass is 32.1. The Bertz CT molecular complexity index is 406. The van der Waals surface area contributed by atoms with E-state index in [9.17, 15) is 4.79 Å². The van der Waals surface area contributed by atoms with E-state index in [0.717, 1.165) is 25.9 Å². The smallest absolute Gasteiger partial charge is 0.273 e. The van der Waals surface area contributed by atoms with Crippen LogP contribution in [0.1, 0.15) is 42.6 Å². The van der Waals surface area contributed by atoms with Crippen LogP contribution in [0.15, 0.2) is 10.9 Å². The number of nitrogens with zero attached hydrogens (tertiary/aromatic N) is 3. The number of aromatic nitrogens is 1. The fourth-order valence-electron chi connectivity index (χ4n) is 3.20. The molecular formula is C14H21N3OS. The molecule has 1 amide bonds. The van der Waals surface area contributed by atoms with Gasteiger partial charge in [-0.1, -0.05) is 6.42 Å². The number of carbonyl (C=O) groups excluding carboxylic acids is 1.